The van der Waals surface area contributed by atoms with Crippen LogP contribution in [0.1, 0.15) is 45.1 Å². The summed E-state index contributed by atoms with van der Waals surface area (Å²) in [6.07, 6.45) is 4.64. The fraction of sp³-hybridized carbons (Fsp3) is 0.583. The molecule has 3 nitrogen and oxygen atoms in total. The van der Waals surface area contributed by atoms with E-state index in [1.807, 2.05) is 13.8 Å². The summed E-state index contributed by atoms with van der Waals surface area (Å²) in [5, 5.41) is 0. The zero-order chi connectivity index (χ0) is 11.7. The molecule has 1 aromatic heterocycles. The van der Waals surface area contributed by atoms with Crippen LogP contribution in [-0.4, -0.2) is 15.8 Å². The predicted octanol–water partition coefficient (Wildman–Crippen LogP) is 2.73. The van der Waals surface area contributed by atoms with Crippen LogP contribution in [0, 0.1) is 10.8 Å². The van der Waals surface area contributed by atoms with E-state index in [2.05, 4.69) is 30.7 Å². The quantitative estimate of drug-likeness (QED) is 0.699. The fourth-order valence-corrected chi connectivity index (χ4v) is 1.08. The third kappa shape index (κ3) is 2.22. The number of hydrogen-bond donors (Lipinski definition) is 0. The molecule has 3 heteroatoms. The van der Waals surface area contributed by atoms with Gasteiger partial charge in [0.25, 0.3) is 0 Å². The second kappa shape index (κ2) is 3.72. The maximum atomic E-state index is 12.2. The van der Waals surface area contributed by atoms with Gasteiger partial charge in [0.05, 0.1) is 6.20 Å². The molecule has 0 radical (unpaired) electrons. The summed E-state index contributed by atoms with van der Waals surface area (Å²) in [5.41, 5.74) is -0.0950. The summed E-state index contributed by atoms with van der Waals surface area (Å²) in [7, 11) is 0. The first-order valence-electron chi connectivity index (χ1n) is 5.07. The first-order valence-corrected chi connectivity index (χ1v) is 5.07. The van der Waals surface area contributed by atoms with E-state index < -0.39 is 5.41 Å². The standard InChI is InChI=1S/C12H18N2O/c1-11(2,3)12(4,5)10(15)9-8-13-6-7-14-9/h6-8H,1-5H3. The Morgan fingerprint density at radius 3 is 2.13 bits per heavy atom. The van der Waals surface area contributed by atoms with Gasteiger partial charge < -0.3 is 0 Å². The van der Waals surface area contributed by atoms with Crippen LogP contribution in [0.15, 0.2) is 18.6 Å². The number of carbonyl (C=O) groups is 1. The van der Waals surface area contributed by atoms with Crippen molar-refractivity contribution in [1.29, 1.82) is 0 Å². The van der Waals surface area contributed by atoms with Gasteiger partial charge in [-0.05, 0) is 5.41 Å². The Kier molecular flexibility index (Phi) is 2.93. The number of aromatic nitrogens is 2. The molecule has 0 unspecified atom stereocenters. The normalized spacial score (nSPS) is 12.6. The van der Waals surface area contributed by atoms with E-state index in [4.69, 9.17) is 0 Å². The van der Waals surface area contributed by atoms with E-state index in [9.17, 15) is 4.79 Å². The van der Waals surface area contributed by atoms with Crippen molar-refractivity contribution in [2.24, 2.45) is 10.8 Å². The Bertz CT molecular complexity index is 350. The molecule has 0 saturated heterocycles. The molecule has 1 aromatic rings. The maximum Gasteiger partial charge on any atom is 0.188 e. The number of ketones is 1. The Hall–Kier alpha value is -1.25. The summed E-state index contributed by atoms with van der Waals surface area (Å²) in [6, 6.07) is 0. The van der Waals surface area contributed by atoms with Crippen molar-refractivity contribution in [3.8, 4) is 0 Å². The van der Waals surface area contributed by atoms with E-state index in [0.717, 1.165) is 0 Å². The van der Waals surface area contributed by atoms with Crippen molar-refractivity contribution in [2.45, 2.75) is 34.6 Å². The first kappa shape index (κ1) is 11.8. The molecular formula is C12H18N2O. The lowest BCUT2D eigenvalue weighted by molar-refractivity contribution is 0.0619. The molecule has 82 valence electrons. The summed E-state index contributed by atoms with van der Waals surface area (Å²) in [5.74, 6) is 0.0445. The molecule has 0 amide bonds. The lowest BCUT2D eigenvalue weighted by atomic mass is 9.66. The first-order chi connectivity index (χ1) is 6.77. The average molecular weight is 206 g/mol. The molecule has 1 heterocycles. The topological polar surface area (TPSA) is 42.9 Å². The van der Waals surface area contributed by atoms with E-state index in [1.165, 1.54) is 6.20 Å². The zero-order valence-corrected chi connectivity index (χ0v) is 10.0. The minimum absolute atomic E-state index is 0.0445. The van der Waals surface area contributed by atoms with Crippen LogP contribution in [0.3, 0.4) is 0 Å². The van der Waals surface area contributed by atoms with Gasteiger partial charge in [-0.2, -0.15) is 0 Å². The van der Waals surface area contributed by atoms with Crippen molar-refractivity contribution < 1.29 is 4.79 Å². The number of Topliss-reactive ketones (excluding diaryl/α,β-unsaturated/α-hetero) is 1. The molecule has 0 aliphatic rings. The van der Waals surface area contributed by atoms with Crippen LogP contribution < -0.4 is 0 Å². The van der Waals surface area contributed by atoms with Gasteiger partial charge in [-0.3, -0.25) is 9.78 Å². The molecule has 0 aromatic carbocycles. The van der Waals surface area contributed by atoms with Gasteiger partial charge in [0.2, 0.25) is 0 Å². The van der Waals surface area contributed by atoms with Crippen molar-refractivity contribution in [2.75, 3.05) is 0 Å². The highest BCUT2D eigenvalue weighted by Gasteiger charge is 2.40. The number of nitrogens with zero attached hydrogens (tertiary/aromatic N) is 2. The van der Waals surface area contributed by atoms with Crippen LogP contribution in [0.4, 0.5) is 0 Å². The van der Waals surface area contributed by atoms with E-state index in [1.54, 1.807) is 12.4 Å². The second-order valence-electron chi connectivity index (χ2n) is 5.29. The molecule has 0 aliphatic carbocycles. The fourth-order valence-electron chi connectivity index (χ4n) is 1.08. The molecule has 0 saturated carbocycles. The molecule has 0 atom stereocenters. The molecule has 15 heavy (non-hydrogen) atoms. The Morgan fingerprint density at radius 2 is 1.73 bits per heavy atom. The third-order valence-electron chi connectivity index (χ3n) is 3.24. The minimum atomic E-state index is -0.441. The van der Waals surface area contributed by atoms with Crippen LogP contribution in [0.5, 0.6) is 0 Å². The largest absolute Gasteiger partial charge is 0.292 e. The summed E-state index contributed by atoms with van der Waals surface area (Å²) >= 11 is 0. The van der Waals surface area contributed by atoms with Crippen LogP contribution >= 0.6 is 0 Å². The van der Waals surface area contributed by atoms with E-state index in [-0.39, 0.29) is 11.2 Å². The van der Waals surface area contributed by atoms with Gasteiger partial charge in [0.15, 0.2) is 5.78 Å². The van der Waals surface area contributed by atoms with Crippen molar-refractivity contribution in [3.05, 3.63) is 24.3 Å². The Labute approximate surface area is 91.0 Å². The molecule has 1 rings (SSSR count). The Balaban J connectivity index is 3.06. The van der Waals surface area contributed by atoms with Gasteiger partial charge in [-0.1, -0.05) is 34.6 Å². The van der Waals surface area contributed by atoms with Crippen molar-refractivity contribution in [1.82, 2.24) is 9.97 Å². The van der Waals surface area contributed by atoms with E-state index >= 15 is 0 Å². The van der Waals surface area contributed by atoms with Gasteiger partial charge in [0, 0.05) is 17.8 Å². The Morgan fingerprint density at radius 1 is 1.13 bits per heavy atom. The van der Waals surface area contributed by atoms with Crippen molar-refractivity contribution >= 4 is 5.78 Å². The summed E-state index contributed by atoms with van der Waals surface area (Å²) < 4.78 is 0. The molecule has 0 aliphatic heterocycles. The number of rotatable bonds is 2. The SMILES string of the molecule is CC(C)(C)C(C)(C)C(=O)c1cnccn1. The molecule has 0 bridgehead atoms. The molecule has 0 fully saturated rings. The minimum Gasteiger partial charge on any atom is -0.292 e. The second-order valence-corrected chi connectivity index (χ2v) is 5.29. The van der Waals surface area contributed by atoms with Crippen LogP contribution in [-0.2, 0) is 0 Å². The highest BCUT2D eigenvalue weighted by molar-refractivity contribution is 5.98. The lowest BCUT2D eigenvalue weighted by Crippen LogP contribution is -2.38. The highest BCUT2D eigenvalue weighted by atomic mass is 16.1. The predicted molar refractivity (Wildman–Crippen MR) is 59.6 cm³/mol. The zero-order valence-electron chi connectivity index (χ0n) is 10.0. The molecular weight excluding hydrogens is 188 g/mol. The lowest BCUT2D eigenvalue weighted by Gasteiger charge is -2.36. The highest BCUT2D eigenvalue weighted by Crippen LogP contribution is 2.39. The van der Waals surface area contributed by atoms with Crippen molar-refractivity contribution in [3.63, 3.8) is 0 Å². The van der Waals surface area contributed by atoms with Crippen LogP contribution in [0.25, 0.3) is 0 Å². The summed E-state index contributed by atoms with van der Waals surface area (Å²) in [4.78, 5) is 20.2. The third-order valence-corrected chi connectivity index (χ3v) is 3.24. The molecule has 0 spiro atoms. The van der Waals surface area contributed by atoms with E-state index in [0.29, 0.717) is 5.69 Å². The van der Waals surface area contributed by atoms with Gasteiger partial charge in [-0.25, -0.2) is 4.98 Å². The maximum absolute atomic E-state index is 12.2. The van der Waals surface area contributed by atoms with Gasteiger partial charge in [-0.15, -0.1) is 0 Å². The average Bonchev–Trinajstić information content (AvgIpc) is 2.16. The number of hydrogen-bond acceptors (Lipinski definition) is 3. The molecule has 0 N–H and O–H groups in total. The van der Waals surface area contributed by atoms with Crippen LogP contribution in [0.2, 0.25) is 0 Å². The van der Waals surface area contributed by atoms with Gasteiger partial charge in [0.1, 0.15) is 5.69 Å². The number of carbonyl (C=O) groups excluding carboxylic acids is 1. The monoisotopic (exact) mass is 206 g/mol. The summed E-state index contributed by atoms with van der Waals surface area (Å²) in [6.45, 7) is 10.1. The van der Waals surface area contributed by atoms with Gasteiger partial charge >= 0.3 is 0 Å². The smallest absolute Gasteiger partial charge is 0.188 e.